The van der Waals surface area contributed by atoms with Crippen molar-refractivity contribution in [3.63, 3.8) is 0 Å². The maximum atomic E-state index is 13.5. The third kappa shape index (κ3) is 3.36. The van der Waals surface area contributed by atoms with Crippen LogP contribution in [0.25, 0.3) is 0 Å². The van der Waals surface area contributed by atoms with Crippen molar-refractivity contribution in [2.75, 3.05) is 5.32 Å². The number of nitrogens with one attached hydrogen (secondary N) is 1. The number of hydrogen-bond acceptors (Lipinski definition) is 2. The molecule has 0 heterocycles. The lowest BCUT2D eigenvalue weighted by Gasteiger charge is -2.08. The van der Waals surface area contributed by atoms with Gasteiger partial charge in [0.15, 0.2) is 0 Å². The maximum Gasteiger partial charge on any atom is 0.258 e. The van der Waals surface area contributed by atoms with Crippen molar-refractivity contribution in [1.29, 1.82) is 0 Å². The summed E-state index contributed by atoms with van der Waals surface area (Å²) < 4.78 is 14.4. The Balaban J connectivity index is 2.25. The van der Waals surface area contributed by atoms with E-state index in [2.05, 4.69) is 27.9 Å². The van der Waals surface area contributed by atoms with Crippen molar-refractivity contribution >= 4 is 45.8 Å². The SMILES string of the molecule is O=C(Nc1ccc(I)cc1Cl)c1ccc(O)cc1F. The second-order valence-electron chi connectivity index (χ2n) is 3.74. The van der Waals surface area contributed by atoms with E-state index in [0.717, 1.165) is 9.64 Å². The zero-order valence-corrected chi connectivity index (χ0v) is 12.4. The molecule has 3 nitrogen and oxygen atoms in total. The Kier molecular flexibility index (Phi) is 4.26. The van der Waals surface area contributed by atoms with E-state index in [1.807, 2.05) is 0 Å². The van der Waals surface area contributed by atoms with Crippen molar-refractivity contribution < 1.29 is 14.3 Å². The molecule has 2 aromatic carbocycles. The molecule has 0 aliphatic rings. The summed E-state index contributed by atoms with van der Waals surface area (Å²) in [6.45, 7) is 0. The number of halogens is 3. The summed E-state index contributed by atoms with van der Waals surface area (Å²) >= 11 is 8.06. The van der Waals surface area contributed by atoms with Gasteiger partial charge in [0.1, 0.15) is 11.6 Å². The maximum absolute atomic E-state index is 13.5. The molecule has 0 spiro atoms. The van der Waals surface area contributed by atoms with Gasteiger partial charge in [-0.05, 0) is 52.9 Å². The molecule has 0 fully saturated rings. The molecule has 1 amide bonds. The van der Waals surface area contributed by atoms with Gasteiger partial charge in [-0.15, -0.1) is 0 Å². The Labute approximate surface area is 127 Å². The van der Waals surface area contributed by atoms with Crippen LogP contribution in [-0.4, -0.2) is 11.0 Å². The molecule has 6 heteroatoms. The monoisotopic (exact) mass is 391 g/mol. The molecule has 0 aliphatic carbocycles. The third-order valence-electron chi connectivity index (χ3n) is 2.38. The predicted octanol–water partition coefficient (Wildman–Crippen LogP) is 4.04. The van der Waals surface area contributed by atoms with Gasteiger partial charge in [-0.1, -0.05) is 11.6 Å². The van der Waals surface area contributed by atoms with Crippen LogP contribution in [0.3, 0.4) is 0 Å². The smallest absolute Gasteiger partial charge is 0.258 e. The lowest BCUT2D eigenvalue weighted by molar-refractivity contribution is 0.102. The first-order valence-corrected chi connectivity index (χ1v) is 6.68. The Morgan fingerprint density at radius 3 is 2.63 bits per heavy atom. The van der Waals surface area contributed by atoms with Crippen LogP contribution in [0.2, 0.25) is 5.02 Å². The highest BCUT2D eigenvalue weighted by Crippen LogP contribution is 2.25. The van der Waals surface area contributed by atoms with Gasteiger partial charge in [-0.25, -0.2) is 4.39 Å². The van der Waals surface area contributed by atoms with Crippen LogP contribution in [0.5, 0.6) is 5.75 Å². The average Bonchev–Trinajstić information content (AvgIpc) is 2.32. The molecule has 98 valence electrons. The number of phenolic OH excluding ortho intramolecular Hbond substituents is 1. The molecule has 0 radical (unpaired) electrons. The van der Waals surface area contributed by atoms with Gasteiger partial charge in [-0.3, -0.25) is 4.79 Å². The fraction of sp³-hybridized carbons (Fsp3) is 0. The highest BCUT2D eigenvalue weighted by atomic mass is 127. The number of carbonyl (C=O) groups excluding carboxylic acids is 1. The van der Waals surface area contributed by atoms with Crippen molar-refractivity contribution in [2.24, 2.45) is 0 Å². The summed E-state index contributed by atoms with van der Waals surface area (Å²) in [7, 11) is 0. The van der Waals surface area contributed by atoms with E-state index in [0.29, 0.717) is 10.7 Å². The van der Waals surface area contributed by atoms with E-state index in [-0.39, 0.29) is 11.3 Å². The number of hydrogen-bond donors (Lipinski definition) is 2. The summed E-state index contributed by atoms with van der Waals surface area (Å²) in [6.07, 6.45) is 0. The Bertz CT molecular complexity index is 649. The molecule has 2 rings (SSSR count). The second kappa shape index (κ2) is 5.75. The van der Waals surface area contributed by atoms with Crippen molar-refractivity contribution in [3.8, 4) is 5.75 Å². The zero-order valence-electron chi connectivity index (χ0n) is 9.45. The normalized spacial score (nSPS) is 10.3. The molecule has 0 saturated heterocycles. The van der Waals surface area contributed by atoms with Gasteiger partial charge in [-0.2, -0.15) is 0 Å². The second-order valence-corrected chi connectivity index (χ2v) is 5.40. The summed E-state index contributed by atoms with van der Waals surface area (Å²) in [5.41, 5.74) is 0.243. The molecule has 0 saturated carbocycles. The number of carbonyl (C=O) groups is 1. The van der Waals surface area contributed by atoms with E-state index in [4.69, 9.17) is 16.7 Å². The first-order valence-electron chi connectivity index (χ1n) is 5.22. The number of phenols is 1. The zero-order chi connectivity index (χ0) is 14.0. The van der Waals surface area contributed by atoms with E-state index >= 15 is 0 Å². The van der Waals surface area contributed by atoms with Crippen molar-refractivity contribution in [2.45, 2.75) is 0 Å². The number of benzene rings is 2. The highest BCUT2D eigenvalue weighted by molar-refractivity contribution is 14.1. The van der Waals surface area contributed by atoms with Gasteiger partial charge < -0.3 is 10.4 Å². The van der Waals surface area contributed by atoms with Crippen LogP contribution in [0.1, 0.15) is 10.4 Å². The predicted molar refractivity (Wildman–Crippen MR) is 80.2 cm³/mol. The molecular formula is C13H8ClFINO2. The fourth-order valence-electron chi connectivity index (χ4n) is 1.47. The summed E-state index contributed by atoms with van der Waals surface area (Å²) in [5, 5.41) is 12.0. The van der Waals surface area contributed by atoms with Crippen molar-refractivity contribution in [3.05, 3.63) is 56.4 Å². The number of amides is 1. The van der Waals surface area contributed by atoms with Gasteiger partial charge in [0.2, 0.25) is 0 Å². The first-order chi connectivity index (χ1) is 8.97. The Morgan fingerprint density at radius 2 is 2.00 bits per heavy atom. The van der Waals surface area contributed by atoms with Gasteiger partial charge >= 0.3 is 0 Å². The van der Waals surface area contributed by atoms with Crippen LogP contribution in [0, 0.1) is 9.39 Å². The topological polar surface area (TPSA) is 49.3 Å². The van der Waals surface area contributed by atoms with E-state index < -0.39 is 11.7 Å². The van der Waals surface area contributed by atoms with Gasteiger partial charge in [0.05, 0.1) is 16.3 Å². The van der Waals surface area contributed by atoms with Crippen molar-refractivity contribution in [1.82, 2.24) is 0 Å². The lowest BCUT2D eigenvalue weighted by atomic mass is 10.2. The average molecular weight is 392 g/mol. The third-order valence-corrected chi connectivity index (χ3v) is 3.36. The minimum Gasteiger partial charge on any atom is -0.508 e. The molecule has 0 unspecified atom stereocenters. The van der Waals surface area contributed by atoms with E-state index in [1.54, 1.807) is 18.2 Å². The Hall–Kier alpha value is -1.34. The van der Waals surface area contributed by atoms with Crippen LogP contribution in [0.15, 0.2) is 36.4 Å². The van der Waals surface area contributed by atoms with E-state index in [1.165, 1.54) is 12.1 Å². The first kappa shape index (κ1) is 14.1. The fourth-order valence-corrected chi connectivity index (χ4v) is 2.37. The molecule has 2 aromatic rings. The molecule has 2 N–H and O–H groups in total. The van der Waals surface area contributed by atoms with Gasteiger partial charge in [0, 0.05) is 9.64 Å². The Morgan fingerprint density at radius 1 is 1.26 bits per heavy atom. The lowest BCUT2D eigenvalue weighted by Crippen LogP contribution is -2.14. The summed E-state index contributed by atoms with van der Waals surface area (Å²) in [6, 6.07) is 8.43. The largest absolute Gasteiger partial charge is 0.508 e. The molecule has 19 heavy (non-hydrogen) atoms. The molecule has 0 bridgehead atoms. The molecule has 0 aromatic heterocycles. The number of anilines is 1. The molecule has 0 aliphatic heterocycles. The standard InChI is InChI=1S/C13H8ClFINO2/c14-10-5-7(16)1-4-12(10)17-13(19)9-3-2-8(18)6-11(9)15/h1-6,18H,(H,17,19). The minimum absolute atomic E-state index is 0.160. The summed E-state index contributed by atoms with van der Waals surface area (Å²) in [5.74, 6) is -1.65. The highest BCUT2D eigenvalue weighted by Gasteiger charge is 2.13. The van der Waals surface area contributed by atoms with Gasteiger partial charge in [0.25, 0.3) is 5.91 Å². The van der Waals surface area contributed by atoms with Crippen LogP contribution in [0.4, 0.5) is 10.1 Å². The minimum atomic E-state index is -0.792. The van der Waals surface area contributed by atoms with Crippen LogP contribution in [-0.2, 0) is 0 Å². The molecule has 0 atom stereocenters. The number of aromatic hydroxyl groups is 1. The quantitative estimate of drug-likeness (QED) is 0.759. The van der Waals surface area contributed by atoms with Crippen LogP contribution < -0.4 is 5.32 Å². The van der Waals surface area contributed by atoms with E-state index in [9.17, 15) is 9.18 Å². The van der Waals surface area contributed by atoms with Crippen LogP contribution >= 0.6 is 34.2 Å². The summed E-state index contributed by atoms with van der Waals surface area (Å²) in [4.78, 5) is 11.9. The number of rotatable bonds is 2. The molecular weight excluding hydrogens is 384 g/mol.